The highest BCUT2D eigenvalue weighted by Gasteiger charge is 2.59. The second-order valence-corrected chi connectivity index (χ2v) is 8.87. The monoisotopic (exact) mass is 466 g/mol. The Kier molecular flexibility index (Phi) is 4.89. The summed E-state index contributed by atoms with van der Waals surface area (Å²) >= 11 is 0.953. The van der Waals surface area contributed by atoms with E-state index < -0.39 is 40.8 Å². The molecule has 33 heavy (non-hydrogen) atoms. The number of carbonyl (C=O) groups is 4. The molecule has 3 aliphatic heterocycles. The number of esters is 1. The van der Waals surface area contributed by atoms with E-state index >= 15 is 0 Å². The van der Waals surface area contributed by atoms with Crippen LogP contribution in [0.15, 0.2) is 53.1 Å². The second-order valence-electron chi connectivity index (χ2n) is 7.68. The van der Waals surface area contributed by atoms with Crippen LogP contribution in [0.25, 0.3) is 0 Å². The van der Waals surface area contributed by atoms with Gasteiger partial charge in [-0.3, -0.25) is 9.59 Å². The summed E-state index contributed by atoms with van der Waals surface area (Å²) < 4.78 is 11.1. The molecule has 0 bridgehead atoms. The van der Waals surface area contributed by atoms with Crippen LogP contribution in [0.4, 0.5) is 5.69 Å². The first kappa shape index (κ1) is 21.1. The number of nitrogens with zero attached hydrogens (tertiary/aromatic N) is 1. The summed E-state index contributed by atoms with van der Waals surface area (Å²) in [6, 6.07) is 10.7. The first-order chi connectivity index (χ1) is 15.8. The van der Waals surface area contributed by atoms with E-state index in [1.165, 1.54) is 24.3 Å². The molecule has 3 N–H and O–H groups in total. The predicted molar refractivity (Wildman–Crippen MR) is 118 cm³/mol. The lowest BCUT2D eigenvalue weighted by atomic mass is 9.77. The number of amides is 2. The number of anilines is 1. The molecule has 1 saturated heterocycles. The summed E-state index contributed by atoms with van der Waals surface area (Å²) in [5.74, 6) is -4.04. The Labute approximate surface area is 192 Å². The molecule has 10 heteroatoms. The fourth-order valence-corrected chi connectivity index (χ4v) is 5.79. The number of aromatic carboxylic acids is 1. The Morgan fingerprint density at radius 2 is 1.94 bits per heavy atom. The SMILES string of the molecule is CCOc1cccc2c1OC(=O)C1=C(N)S[C@@H]3C(=O)N(c4cccc(C(=O)O)c4)C(=O)[C@@H]3[C@H]12. The van der Waals surface area contributed by atoms with Crippen LogP contribution < -0.4 is 20.1 Å². The molecule has 0 spiro atoms. The van der Waals surface area contributed by atoms with Gasteiger partial charge in [-0.15, -0.1) is 0 Å². The normalized spacial score (nSPS) is 23.6. The summed E-state index contributed by atoms with van der Waals surface area (Å²) in [4.78, 5) is 52.2. The number of carboxylic acid groups (broad SMARTS) is 1. The minimum Gasteiger partial charge on any atom is -0.490 e. The maximum Gasteiger partial charge on any atom is 0.342 e. The van der Waals surface area contributed by atoms with E-state index in [1.807, 2.05) is 0 Å². The van der Waals surface area contributed by atoms with Crippen molar-refractivity contribution in [2.45, 2.75) is 18.1 Å². The first-order valence-corrected chi connectivity index (χ1v) is 11.1. The van der Waals surface area contributed by atoms with E-state index in [2.05, 4.69) is 0 Å². The van der Waals surface area contributed by atoms with Crippen LogP contribution in [0.2, 0.25) is 0 Å². The van der Waals surface area contributed by atoms with E-state index in [9.17, 15) is 24.3 Å². The summed E-state index contributed by atoms with van der Waals surface area (Å²) in [7, 11) is 0. The molecule has 0 aliphatic carbocycles. The second kappa shape index (κ2) is 7.66. The van der Waals surface area contributed by atoms with E-state index in [4.69, 9.17) is 15.2 Å². The van der Waals surface area contributed by atoms with Crippen molar-refractivity contribution in [3.8, 4) is 11.5 Å². The number of imide groups is 1. The number of ether oxygens (including phenoxy) is 2. The highest BCUT2D eigenvalue weighted by Crippen LogP contribution is 2.56. The lowest BCUT2D eigenvalue weighted by Crippen LogP contribution is -2.39. The lowest BCUT2D eigenvalue weighted by Gasteiger charge is -2.36. The Morgan fingerprint density at radius 3 is 2.67 bits per heavy atom. The van der Waals surface area contributed by atoms with Crippen LogP contribution in [0.1, 0.15) is 28.8 Å². The van der Waals surface area contributed by atoms with Crippen molar-refractivity contribution in [3.63, 3.8) is 0 Å². The van der Waals surface area contributed by atoms with E-state index in [0.29, 0.717) is 17.9 Å². The van der Waals surface area contributed by atoms with Crippen LogP contribution in [-0.2, 0) is 14.4 Å². The van der Waals surface area contributed by atoms with Crippen LogP contribution in [0.3, 0.4) is 0 Å². The zero-order valence-electron chi connectivity index (χ0n) is 17.3. The molecule has 0 saturated carbocycles. The Morgan fingerprint density at radius 1 is 1.18 bits per heavy atom. The van der Waals surface area contributed by atoms with Gasteiger partial charge in [0.25, 0.3) is 0 Å². The van der Waals surface area contributed by atoms with E-state index in [1.54, 1.807) is 25.1 Å². The topological polar surface area (TPSA) is 136 Å². The number of carboxylic acids is 1. The van der Waals surface area contributed by atoms with Gasteiger partial charge in [0.15, 0.2) is 11.5 Å². The van der Waals surface area contributed by atoms with E-state index in [0.717, 1.165) is 16.7 Å². The molecule has 168 valence electrons. The number of rotatable bonds is 4. The van der Waals surface area contributed by atoms with Gasteiger partial charge >= 0.3 is 11.9 Å². The summed E-state index contributed by atoms with van der Waals surface area (Å²) in [5.41, 5.74) is 6.98. The molecular formula is C23H18N2O7S. The van der Waals surface area contributed by atoms with Crippen molar-refractivity contribution in [2.24, 2.45) is 11.7 Å². The Balaban J connectivity index is 1.64. The van der Waals surface area contributed by atoms with Crippen molar-refractivity contribution < 1.29 is 33.8 Å². The maximum absolute atomic E-state index is 13.6. The van der Waals surface area contributed by atoms with E-state index in [-0.39, 0.29) is 27.6 Å². The summed E-state index contributed by atoms with van der Waals surface area (Å²) in [6.45, 7) is 2.14. The van der Waals surface area contributed by atoms with Crippen molar-refractivity contribution in [2.75, 3.05) is 11.5 Å². The van der Waals surface area contributed by atoms with Crippen LogP contribution in [0, 0.1) is 5.92 Å². The number of benzene rings is 2. The summed E-state index contributed by atoms with van der Waals surface area (Å²) in [6.07, 6.45) is 0. The van der Waals surface area contributed by atoms with Crippen molar-refractivity contribution >= 4 is 41.2 Å². The molecule has 0 radical (unpaired) electrons. The van der Waals surface area contributed by atoms with Crippen molar-refractivity contribution in [1.82, 2.24) is 0 Å². The smallest absolute Gasteiger partial charge is 0.342 e. The van der Waals surface area contributed by atoms with Gasteiger partial charge < -0.3 is 20.3 Å². The number of para-hydroxylation sites is 1. The van der Waals surface area contributed by atoms with Crippen LogP contribution >= 0.6 is 11.8 Å². The summed E-state index contributed by atoms with van der Waals surface area (Å²) in [5, 5.41) is 8.57. The number of carbonyl (C=O) groups excluding carboxylic acids is 3. The third kappa shape index (κ3) is 3.09. The molecular weight excluding hydrogens is 448 g/mol. The highest BCUT2D eigenvalue weighted by atomic mass is 32.2. The molecule has 3 heterocycles. The number of nitrogens with two attached hydrogens (primary N) is 1. The third-order valence-corrected chi connectivity index (χ3v) is 7.12. The van der Waals surface area contributed by atoms with Crippen LogP contribution in [0.5, 0.6) is 11.5 Å². The molecule has 3 atom stereocenters. The zero-order valence-corrected chi connectivity index (χ0v) is 18.1. The zero-order chi connectivity index (χ0) is 23.4. The van der Waals surface area contributed by atoms with Gasteiger partial charge in [-0.25, -0.2) is 14.5 Å². The number of fused-ring (bicyclic) bond motifs is 5. The number of hydrogen-bond donors (Lipinski definition) is 2. The fourth-order valence-electron chi connectivity index (χ4n) is 4.55. The van der Waals surface area contributed by atoms with Gasteiger partial charge in [-0.05, 0) is 31.2 Å². The average molecular weight is 466 g/mol. The van der Waals surface area contributed by atoms with Crippen molar-refractivity contribution in [1.29, 1.82) is 0 Å². The third-order valence-electron chi connectivity index (χ3n) is 5.90. The van der Waals surface area contributed by atoms with Crippen molar-refractivity contribution in [3.05, 3.63) is 64.2 Å². The van der Waals surface area contributed by atoms with Crippen LogP contribution in [-0.4, -0.2) is 40.7 Å². The quantitative estimate of drug-likeness (QED) is 0.395. The van der Waals surface area contributed by atoms with Gasteiger partial charge in [0.2, 0.25) is 11.8 Å². The van der Waals surface area contributed by atoms with Gasteiger partial charge in [0, 0.05) is 11.5 Å². The standard InChI is InChI=1S/C23H18N2O7S/c1-2-31-13-8-4-7-12-14-15-18(33-19(24)16(14)23(30)32-17(12)13)21(27)25(20(15)26)11-6-3-5-10(9-11)22(28)29/h3-9,14-15,18H,2,24H2,1H3,(H,28,29)/t14-,15-,18+/m1/s1. The molecule has 0 aromatic heterocycles. The highest BCUT2D eigenvalue weighted by molar-refractivity contribution is 8.04. The molecule has 2 aromatic rings. The van der Waals surface area contributed by atoms with Gasteiger partial charge in [-0.2, -0.15) is 0 Å². The molecule has 9 nitrogen and oxygen atoms in total. The molecule has 0 unspecified atom stereocenters. The number of thioether (sulfide) groups is 1. The lowest BCUT2D eigenvalue weighted by molar-refractivity contribution is -0.132. The number of hydrogen-bond acceptors (Lipinski definition) is 8. The molecule has 2 aromatic carbocycles. The molecule has 5 rings (SSSR count). The average Bonchev–Trinajstić information content (AvgIpc) is 3.04. The largest absolute Gasteiger partial charge is 0.490 e. The minimum absolute atomic E-state index is 0.0538. The van der Waals surface area contributed by atoms with Gasteiger partial charge in [-0.1, -0.05) is 30.0 Å². The maximum atomic E-state index is 13.6. The molecule has 1 fully saturated rings. The molecule has 2 amide bonds. The Hall–Kier alpha value is -3.79. The predicted octanol–water partition coefficient (Wildman–Crippen LogP) is 2.26. The van der Waals surface area contributed by atoms with Gasteiger partial charge in [0.05, 0.1) is 34.4 Å². The molecule has 3 aliphatic rings. The minimum atomic E-state index is -1.18. The fraction of sp³-hybridized carbons (Fsp3) is 0.217. The van der Waals surface area contributed by atoms with Gasteiger partial charge in [0.1, 0.15) is 5.25 Å². The first-order valence-electron chi connectivity index (χ1n) is 10.2. The Bertz CT molecular complexity index is 1270.